The summed E-state index contributed by atoms with van der Waals surface area (Å²) in [5.74, 6) is 0. The second-order valence-electron chi connectivity index (χ2n) is 10.9. The summed E-state index contributed by atoms with van der Waals surface area (Å²) in [7, 11) is 0. The molecule has 5 heteroatoms. The summed E-state index contributed by atoms with van der Waals surface area (Å²) in [6.07, 6.45) is 6.68. The third-order valence-corrected chi connectivity index (χ3v) is 8.57. The van der Waals surface area contributed by atoms with Gasteiger partial charge in [-0.05, 0) is 85.7 Å². The molecule has 0 aliphatic heterocycles. The molecule has 0 aliphatic rings. The number of alkyl halides is 1. The molecule has 0 fully saturated rings. The molecule has 41 heavy (non-hydrogen) atoms. The van der Waals surface area contributed by atoms with E-state index in [0.717, 1.165) is 52.9 Å². The van der Waals surface area contributed by atoms with Gasteiger partial charge in [-0.3, -0.25) is 4.39 Å². The second-order valence-corrected chi connectivity index (χ2v) is 11.3. The van der Waals surface area contributed by atoms with E-state index in [2.05, 4.69) is 85.1 Å². The van der Waals surface area contributed by atoms with Crippen LogP contribution in [-0.2, 0) is 13.0 Å². The van der Waals surface area contributed by atoms with Gasteiger partial charge in [0.15, 0.2) is 0 Å². The van der Waals surface area contributed by atoms with Gasteiger partial charge in [-0.2, -0.15) is 5.10 Å². The maximum atomic E-state index is 12.4. The number of hydrogen-bond acceptors (Lipinski definition) is 1. The molecule has 0 saturated carbocycles. The molecular formula is C36H35ClFN3. The third-order valence-electron chi connectivity index (χ3n) is 8.22. The zero-order chi connectivity index (χ0) is 28.3. The van der Waals surface area contributed by atoms with Crippen LogP contribution in [0.4, 0.5) is 4.39 Å². The molecule has 0 amide bonds. The van der Waals surface area contributed by atoms with Crippen LogP contribution in [0.1, 0.15) is 47.9 Å². The predicted octanol–water partition coefficient (Wildman–Crippen LogP) is 10.0. The third kappa shape index (κ3) is 5.29. The first-order chi connectivity index (χ1) is 20.1. The van der Waals surface area contributed by atoms with Crippen LogP contribution < -0.4 is 0 Å². The van der Waals surface area contributed by atoms with Crippen molar-refractivity contribution in [1.29, 1.82) is 0 Å². The highest BCUT2D eigenvalue weighted by Crippen LogP contribution is 2.40. The topological polar surface area (TPSA) is 22.8 Å². The number of aromatic nitrogens is 3. The van der Waals surface area contributed by atoms with Crippen LogP contribution in [0.25, 0.3) is 38.8 Å². The van der Waals surface area contributed by atoms with E-state index in [1.54, 1.807) is 0 Å². The summed E-state index contributed by atoms with van der Waals surface area (Å²) >= 11 is 6.92. The van der Waals surface area contributed by atoms with Gasteiger partial charge in [0, 0.05) is 33.4 Å². The Morgan fingerprint density at radius 1 is 0.805 bits per heavy atom. The highest BCUT2D eigenvalue weighted by molar-refractivity contribution is 6.31. The quantitative estimate of drug-likeness (QED) is 0.152. The van der Waals surface area contributed by atoms with Crippen molar-refractivity contribution in [3.63, 3.8) is 0 Å². The lowest BCUT2D eigenvalue weighted by molar-refractivity contribution is 0.453. The normalized spacial score (nSPS) is 11.6. The maximum absolute atomic E-state index is 12.4. The zero-order valence-electron chi connectivity index (χ0n) is 23.7. The van der Waals surface area contributed by atoms with Crippen LogP contribution in [0, 0.1) is 13.8 Å². The summed E-state index contributed by atoms with van der Waals surface area (Å²) in [5, 5.41) is 7.96. The number of aryl methyl sites for hydroxylation is 3. The van der Waals surface area contributed by atoms with E-state index in [4.69, 9.17) is 16.7 Å². The van der Waals surface area contributed by atoms with E-state index in [1.807, 2.05) is 29.1 Å². The van der Waals surface area contributed by atoms with E-state index in [-0.39, 0.29) is 6.67 Å². The van der Waals surface area contributed by atoms with Crippen molar-refractivity contribution < 1.29 is 4.39 Å². The molecule has 0 atom stereocenters. The Morgan fingerprint density at radius 2 is 1.56 bits per heavy atom. The SMILES string of the molecule is Cc1ccccc1-c1c(C)c2c3cnn(-c4ccccc4)c3ccc2n1Cc1ccc(CCCCCCF)cc1Cl. The first kappa shape index (κ1) is 27.3. The van der Waals surface area contributed by atoms with Gasteiger partial charge < -0.3 is 4.57 Å². The van der Waals surface area contributed by atoms with Gasteiger partial charge in [0.05, 0.1) is 29.8 Å². The Bertz CT molecular complexity index is 1820. The van der Waals surface area contributed by atoms with Gasteiger partial charge in [-0.15, -0.1) is 0 Å². The zero-order valence-corrected chi connectivity index (χ0v) is 24.5. The minimum Gasteiger partial charge on any atom is -0.336 e. The number of rotatable bonds is 10. The van der Waals surface area contributed by atoms with Gasteiger partial charge >= 0.3 is 0 Å². The number of hydrogen-bond donors (Lipinski definition) is 0. The van der Waals surface area contributed by atoms with Crippen molar-refractivity contribution in [2.45, 2.75) is 52.5 Å². The van der Waals surface area contributed by atoms with Gasteiger partial charge in [-0.1, -0.05) is 79.0 Å². The Kier molecular flexibility index (Phi) is 7.93. The molecule has 0 unspecified atom stereocenters. The van der Waals surface area contributed by atoms with Gasteiger partial charge in [0.1, 0.15) is 0 Å². The number of nitrogens with zero attached hydrogens (tertiary/aromatic N) is 3. The minimum atomic E-state index is -0.223. The molecule has 0 N–H and O–H groups in total. The minimum absolute atomic E-state index is 0.223. The molecule has 6 aromatic rings. The second kappa shape index (κ2) is 11.9. The average molecular weight is 564 g/mol. The first-order valence-electron chi connectivity index (χ1n) is 14.5. The van der Waals surface area contributed by atoms with Crippen LogP contribution in [0.5, 0.6) is 0 Å². The number of benzene rings is 4. The summed E-state index contributed by atoms with van der Waals surface area (Å²) in [5.41, 5.74) is 10.6. The molecule has 0 aliphatic carbocycles. The van der Waals surface area contributed by atoms with Crippen molar-refractivity contribution in [2.75, 3.05) is 6.67 Å². The Hall–Kier alpha value is -3.89. The van der Waals surface area contributed by atoms with E-state index in [1.165, 1.54) is 38.9 Å². The lowest BCUT2D eigenvalue weighted by atomic mass is 10.0. The number of unbranched alkanes of at least 4 members (excludes halogenated alkanes) is 3. The Labute approximate surface area is 246 Å². The van der Waals surface area contributed by atoms with Gasteiger partial charge in [0.25, 0.3) is 0 Å². The van der Waals surface area contributed by atoms with Crippen molar-refractivity contribution in [2.24, 2.45) is 0 Å². The molecule has 6 rings (SSSR count). The first-order valence-corrected chi connectivity index (χ1v) is 14.9. The van der Waals surface area contributed by atoms with E-state index in [0.29, 0.717) is 13.0 Å². The largest absolute Gasteiger partial charge is 0.336 e. The molecule has 4 aromatic carbocycles. The van der Waals surface area contributed by atoms with Crippen LogP contribution in [0.2, 0.25) is 5.02 Å². The van der Waals surface area contributed by atoms with Crippen LogP contribution in [0.15, 0.2) is 91.1 Å². The van der Waals surface area contributed by atoms with Crippen LogP contribution >= 0.6 is 11.6 Å². The predicted molar refractivity (Wildman–Crippen MR) is 170 cm³/mol. The molecule has 2 heterocycles. The average Bonchev–Trinajstić information content (AvgIpc) is 3.54. The summed E-state index contributed by atoms with van der Waals surface area (Å²) in [4.78, 5) is 0. The Morgan fingerprint density at radius 3 is 2.34 bits per heavy atom. The van der Waals surface area contributed by atoms with Crippen LogP contribution in [-0.4, -0.2) is 21.0 Å². The van der Waals surface area contributed by atoms with E-state index >= 15 is 0 Å². The lowest BCUT2D eigenvalue weighted by Gasteiger charge is -2.15. The molecule has 0 bridgehead atoms. The maximum Gasteiger partial charge on any atom is 0.0894 e. The fourth-order valence-corrected chi connectivity index (χ4v) is 6.36. The summed E-state index contributed by atoms with van der Waals surface area (Å²) < 4.78 is 16.8. The standard InChI is InChI=1S/C36H35ClFN3/c1-25-12-9-10-16-30(25)36-26(2)35-31-23-39-41(29-14-7-5-8-15-29)33(31)19-20-34(35)40(36)24-28-18-17-27(22-32(28)37)13-6-3-4-11-21-38/h5,7-10,12,14-20,22-23H,3-4,6,11,13,21,24H2,1-2H3. The number of halogens is 2. The van der Waals surface area contributed by atoms with Gasteiger partial charge in [0.2, 0.25) is 0 Å². The molecule has 2 aromatic heterocycles. The fraction of sp³-hybridized carbons (Fsp3) is 0.250. The molecule has 3 nitrogen and oxygen atoms in total. The van der Waals surface area contributed by atoms with Crippen molar-refractivity contribution >= 4 is 33.4 Å². The fourth-order valence-electron chi connectivity index (χ4n) is 6.10. The molecular weight excluding hydrogens is 529 g/mol. The highest BCUT2D eigenvalue weighted by atomic mass is 35.5. The molecule has 0 saturated heterocycles. The molecule has 208 valence electrons. The Balaban J connectivity index is 1.45. The molecule has 0 radical (unpaired) electrons. The van der Waals surface area contributed by atoms with Crippen molar-refractivity contribution in [3.05, 3.63) is 118 Å². The van der Waals surface area contributed by atoms with E-state index in [9.17, 15) is 4.39 Å². The molecule has 0 spiro atoms. The highest BCUT2D eigenvalue weighted by Gasteiger charge is 2.21. The smallest absolute Gasteiger partial charge is 0.0894 e. The summed E-state index contributed by atoms with van der Waals surface area (Å²) in [6, 6.07) is 29.8. The van der Waals surface area contributed by atoms with E-state index < -0.39 is 0 Å². The van der Waals surface area contributed by atoms with Crippen molar-refractivity contribution in [1.82, 2.24) is 14.3 Å². The number of fused-ring (bicyclic) bond motifs is 3. The lowest BCUT2D eigenvalue weighted by Crippen LogP contribution is -2.04. The number of para-hydroxylation sites is 1. The van der Waals surface area contributed by atoms with Crippen molar-refractivity contribution in [3.8, 4) is 16.9 Å². The monoisotopic (exact) mass is 563 g/mol. The van der Waals surface area contributed by atoms with Gasteiger partial charge in [-0.25, -0.2) is 4.68 Å². The summed E-state index contributed by atoms with van der Waals surface area (Å²) in [6.45, 7) is 4.85. The van der Waals surface area contributed by atoms with Crippen LogP contribution in [0.3, 0.4) is 0 Å².